The van der Waals surface area contributed by atoms with Crippen LogP contribution in [0.25, 0.3) is 16.3 Å². The molecule has 2 heterocycles. The number of rotatable bonds is 4. The molecule has 4 rings (SSSR count). The van der Waals surface area contributed by atoms with E-state index in [-0.39, 0.29) is 11.6 Å². The summed E-state index contributed by atoms with van der Waals surface area (Å²) in [6, 6.07) is 9.56. The minimum atomic E-state index is -0.471. The van der Waals surface area contributed by atoms with Crippen molar-refractivity contribution >= 4 is 44.4 Å². The Bertz CT molecular complexity index is 1020. The summed E-state index contributed by atoms with van der Waals surface area (Å²) in [6.45, 7) is 1.01. The number of hydrogen-bond acceptors (Lipinski definition) is 7. The second-order valence-corrected chi connectivity index (χ2v) is 6.68. The van der Waals surface area contributed by atoms with Gasteiger partial charge in [0.25, 0.3) is 5.69 Å². The molecule has 1 amide bonds. The fraction of sp³-hybridized carbons (Fsp3) is 0.111. The van der Waals surface area contributed by atoms with Gasteiger partial charge in [-0.15, -0.1) is 0 Å². The largest absolute Gasteiger partial charge is 0.486 e. The van der Waals surface area contributed by atoms with Crippen LogP contribution in [0.5, 0.6) is 11.5 Å². The first-order chi connectivity index (χ1) is 13.1. The molecule has 1 N–H and O–H groups in total. The molecule has 0 aliphatic carbocycles. The molecule has 3 aromatic rings. The normalized spacial score (nSPS) is 13.0. The number of thiazole rings is 1. The fourth-order valence-electron chi connectivity index (χ4n) is 2.54. The number of hydrogen-bond donors (Lipinski definition) is 1. The molecule has 0 saturated heterocycles. The van der Waals surface area contributed by atoms with E-state index in [4.69, 9.17) is 9.47 Å². The lowest BCUT2D eigenvalue weighted by atomic mass is 10.2. The highest BCUT2D eigenvalue weighted by atomic mass is 32.1. The van der Waals surface area contributed by atoms with E-state index >= 15 is 0 Å². The third kappa shape index (κ3) is 3.72. The summed E-state index contributed by atoms with van der Waals surface area (Å²) in [4.78, 5) is 26.7. The third-order valence-electron chi connectivity index (χ3n) is 3.81. The maximum atomic E-state index is 12.1. The van der Waals surface area contributed by atoms with Crippen LogP contribution in [0.1, 0.15) is 5.56 Å². The van der Waals surface area contributed by atoms with Crippen molar-refractivity contribution in [2.75, 3.05) is 18.5 Å². The zero-order valence-electron chi connectivity index (χ0n) is 13.9. The van der Waals surface area contributed by atoms with Gasteiger partial charge in [0.1, 0.15) is 13.2 Å². The number of nitro groups is 1. The van der Waals surface area contributed by atoms with Crippen LogP contribution < -0.4 is 14.8 Å². The van der Waals surface area contributed by atoms with E-state index in [9.17, 15) is 14.9 Å². The van der Waals surface area contributed by atoms with Crippen molar-refractivity contribution in [2.45, 2.75) is 0 Å². The Morgan fingerprint density at radius 2 is 1.89 bits per heavy atom. The molecule has 0 saturated carbocycles. The zero-order valence-corrected chi connectivity index (χ0v) is 14.7. The van der Waals surface area contributed by atoms with Crippen LogP contribution in [0.15, 0.2) is 42.5 Å². The molecule has 27 heavy (non-hydrogen) atoms. The number of carbonyl (C=O) groups is 1. The summed E-state index contributed by atoms with van der Waals surface area (Å²) in [5, 5.41) is 13.8. The molecule has 0 spiro atoms. The van der Waals surface area contributed by atoms with Crippen molar-refractivity contribution in [1.82, 2.24) is 4.98 Å². The number of ether oxygens (including phenoxy) is 2. The van der Waals surface area contributed by atoms with Gasteiger partial charge in [-0.2, -0.15) is 0 Å². The summed E-state index contributed by atoms with van der Waals surface area (Å²) in [6.07, 6.45) is 2.93. The second-order valence-electron chi connectivity index (χ2n) is 5.65. The molecule has 8 nitrogen and oxygen atoms in total. The standard InChI is InChI=1S/C18H13N3O5S/c22-17(6-3-11-1-4-12(5-2-11)21(23)24)20-18-19-13-9-14-15(10-16(13)27-18)26-8-7-25-14/h1-6,9-10H,7-8H2,(H,19,20,22)/b6-3+. The average molecular weight is 383 g/mol. The Morgan fingerprint density at radius 1 is 1.19 bits per heavy atom. The van der Waals surface area contributed by atoms with Crippen LogP contribution in [-0.2, 0) is 4.79 Å². The van der Waals surface area contributed by atoms with E-state index in [1.165, 1.54) is 29.5 Å². The molecule has 0 fully saturated rings. The molecule has 1 aliphatic rings. The summed E-state index contributed by atoms with van der Waals surface area (Å²) < 4.78 is 12.0. The lowest BCUT2D eigenvalue weighted by Crippen LogP contribution is -2.15. The predicted molar refractivity (Wildman–Crippen MR) is 101 cm³/mol. The molecule has 1 aliphatic heterocycles. The van der Waals surface area contributed by atoms with Crippen molar-refractivity contribution in [3.05, 3.63) is 58.2 Å². The fourth-order valence-corrected chi connectivity index (χ4v) is 3.42. The first kappa shape index (κ1) is 17.0. The quantitative estimate of drug-likeness (QED) is 0.419. The van der Waals surface area contributed by atoms with Gasteiger partial charge in [-0.1, -0.05) is 11.3 Å². The van der Waals surface area contributed by atoms with E-state index in [0.29, 0.717) is 35.4 Å². The number of nitro benzene ring substituents is 1. The Kier molecular flexibility index (Phi) is 4.43. The lowest BCUT2D eigenvalue weighted by molar-refractivity contribution is -0.384. The summed E-state index contributed by atoms with van der Waals surface area (Å²) in [5.74, 6) is 0.980. The van der Waals surface area contributed by atoms with Gasteiger partial charge in [-0.3, -0.25) is 20.2 Å². The highest BCUT2D eigenvalue weighted by molar-refractivity contribution is 7.22. The molecule has 0 radical (unpaired) electrons. The maximum absolute atomic E-state index is 12.1. The maximum Gasteiger partial charge on any atom is 0.269 e. The molecule has 0 unspecified atom stereocenters. The predicted octanol–water partition coefficient (Wildman–Crippen LogP) is 3.63. The molecular weight excluding hydrogens is 370 g/mol. The number of carbonyl (C=O) groups excluding carboxylic acids is 1. The number of non-ortho nitro benzene ring substituents is 1. The Balaban J connectivity index is 1.46. The smallest absolute Gasteiger partial charge is 0.269 e. The van der Waals surface area contributed by atoms with E-state index < -0.39 is 4.92 Å². The first-order valence-corrected chi connectivity index (χ1v) is 8.84. The summed E-state index contributed by atoms with van der Waals surface area (Å²) >= 11 is 1.34. The lowest BCUT2D eigenvalue weighted by Gasteiger charge is -2.17. The third-order valence-corrected chi connectivity index (χ3v) is 4.75. The molecule has 1 aromatic heterocycles. The van der Waals surface area contributed by atoms with Crippen molar-refractivity contribution in [3.8, 4) is 11.5 Å². The molecule has 136 valence electrons. The first-order valence-electron chi connectivity index (χ1n) is 8.02. The minimum Gasteiger partial charge on any atom is -0.486 e. The Hall–Kier alpha value is -3.46. The van der Waals surface area contributed by atoms with Crippen LogP contribution in [0.2, 0.25) is 0 Å². The second kappa shape index (κ2) is 7.04. The van der Waals surface area contributed by atoms with Crippen molar-refractivity contribution in [2.24, 2.45) is 0 Å². The highest BCUT2D eigenvalue weighted by Gasteiger charge is 2.15. The van der Waals surface area contributed by atoms with Crippen molar-refractivity contribution in [1.29, 1.82) is 0 Å². The van der Waals surface area contributed by atoms with Gasteiger partial charge in [0.2, 0.25) is 5.91 Å². The van der Waals surface area contributed by atoms with E-state index in [0.717, 1.165) is 10.2 Å². The molecule has 0 atom stereocenters. The van der Waals surface area contributed by atoms with Crippen LogP contribution in [0.3, 0.4) is 0 Å². The monoisotopic (exact) mass is 383 g/mol. The summed E-state index contributed by atoms with van der Waals surface area (Å²) in [7, 11) is 0. The molecule has 9 heteroatoms. The Morgan fingerprint density at radius 3 is 2.59 bits per heavy atom. The average Bonchev–Trinajstić information content (AvgIpc) is 3.05. The van der Waals surface area contributed by atoms with Gasteiger partial charge in [-0.05, 0) is 23.8 Å². The van der Waals surface area contributed by atoms with Crippen molar-refractivity contribution in [3.63, 3.8) is 0 Å². The van der Waals surface area contributed by atoms with E-state index in [2.05, 4.69) is 10.3 Å². The highest BCUT2D eigenvalue weighted by Crippen LogP contribution is 2.37. The number of benzene rings is 2. The minimum absolute atomic E-state index is 0.00161. The van der Waals surface area contributed by atoms with Crippen LogP contribution in [0, 0.1) is 10.1 Å². The number of amides is 1. The number of aromatic nitrogens is 1. The van der Waals surface area contributed by atoms with Gasteiger partial charge >= 0.3 is 0 Å². The Labute approximate surface area is 157 Å². The zero-order chi connectivity index (χ0) is 18.8. The van der Waals surface area contributed by atoms with Crippen LogP contribution in [-0.4, -0.2) is 29.0 Å². The van der Waals surface area contributed by atoms with Gasteiger partial charge in [0.15, 0.2) is 16.6 Å². The van der Waals surface area contributed by atoms with Gasteiger partial charge in [-0.25, -0.2) is 4.98 Å². The van der Waals surface area contributed by atoms with Crippen LogP contribution >= 0.6 is 11.3 Å². The van der Waals surface area contributed by atoms with Crippen molar-refractivity contribution < 1.29 is 19.2 Å². The number of nitrogens with one attached hydrogen (secondary N) is 1. The van der Waals surface area contributed by atoms with Gasteiger partial charge < -0.3 is 9.47 Å². The number of fused-ring (bicyclic) bond motifs is 2. The topological polar surface area (TPSA) is 104 Å². The molecule has 2 aromatic carbocycles. The SMILES string of the molecule is O=C(/C=C/c1ccc([N+](=O)[O-])cc1)Nc1nc2cc3c(cc2s1)OCCO3. The van der Waals surface area contributed by atoms with Gasteiger partial charge in [0.05, 0.1) is 15.1 Å². The van der Waals surface area contributed by atoms with E-state index in [1.54, 1.807) is 24.3 Å². The van der Waals surface area contributed by atoms with Gasteiger partial charge in [0, 0.05) is 30.3 Å². The molecular formula is C18H13N3O5S. The number of nitrogens with zero attached hydrogens (tertiary/aromatic N) is 2. The van der Waals surface area contributed by atoms with E-state index in [1.807, 2.05) is 6.07 Å². The summed E-state index contributed by atoms with van der Waals surface area (Å²) in [5.41, 5.74) is 1.41. The molecule has 0 bridgehead atoms. The number of anilines is 1. The van der Waals surface area contributed by atoms with Crippen LogP contribution in [0.4, 0.5) is 10.8 Å².